The number of carbonyl (C=O) groups is 1. The van der Waals surface area contributed by atoms with E-state index in [2.05, 4.69) is 0 Å². The summed E-state index contributed by atoms with van der Waals surface area (Å²) in [5.74, 6) is 0.534. The molecule has 1 fully saturated rings. The van der Waals surface area contributed by atoms with Crippen LogP contribution in [0, 0.1) is 0 Å². The zero-order chi connectivity index (χ0) is 18.7. The lowest BCUT2D eigenvalue weighted by molar-refractivity contribution is -0.137. The summed E-state index contributed by atoms with van der Waals surface area (Å²) in [6.45, 7) is 1.46. The van der Waals surface area contributed by atoms with Crippen LogP contribution < -0.4 is 9.64 Å². The first kappa shape index (κ1) is 18.1. The largest absolute Gasteiger partial charge is 0.497 e. The highest BCUT2D eigenvalue weighted by Crippen LogP contribution is 2.36. The van der Waals surface area contributed by atoms with E-state index in [9.17, 15) is 18.0 Å². The quantitative estimate of drug-likeness (QED) is 0.833. The van der Waals surface area contributed by atoms with Gasteiger partial charge in [0.15, 0.2) is 0 Å². The van der Waals surface area contributed by atoms with Crippen molar-refractivity contribution in [2.24, 2.45) is 0 Å². The van der Waals surface area contributed by atoms with Gasteiger partial charge in [0.2, 0.25) is 0 Å². The SMILES string of the molecule is COc1ccc(C(=O)N2CCN(c3ccccc3C(F)(F)F)CC2)cc1. The van der Waals surface area contributed by atoms with Gasteiger partial charge in [0.1, 0.15) is 5.75 Å². The number of rotatable bonds is 3. The molecular weight excluding hydrogens is 345 g/mol. The summed E-state index contributed by atoms with van der Waals surface area (Å²) in [6, 6.07) is 12.3. The lowest BCUT2D eigenvalue weighted by atomic mass is 10.1. The first-order valence-electron chi connectivity index (χ1n) is 8.24. The average Bonchev–Trinajstić information content (AvgIpc) is 2.67. The van der Waals surface area contributed by atoms with Crippen LogP contribution in [0.1, 0.15) is 15.9 Å². The van der Waals surface area contributed by atoms with Crippen LogP contribution in [0.4, 0.5) is 18.9 Å². The van der Waals surface area contributed by atoms with E-state index in [-0.39, 0.29) is 11.6 Å². The topological polar surface area (TPSA) is 32.8 Å². The molecule has 0 radical (unpaired) electrons. The van der Waals surface area contributed by atoms with Crippen LogP contribution >= 0.6 is 0 Å². The number of carbonyl (C=O) groups excluding carboxylic acids is 1. The van der Waals surface area contributed by atoms with Crippen LogP contribution in [-0.2, 0) is 6.18 Å². The number of ether oxygens (including phenoxy) is 1. The van der Waals surface area contributed by atoms with E-state index in [4.69, 9.17) is 4.74 Å². The number of anilines is 1. The number of para-hydroxylation sites is 1. The molecule has 1 aliphatic rings. The van der Waals surface area contributed by atoms with Crippen LogP contribution in [-0.4, -0.2) is 44.1 Å². The molecule has 4 nitrogen and oxygen atoms in total. The minimum atomic E-state index is -4.40. The van der Waals surface area contributed by atoms with E-state index < -0.39 is 11.7 Å². The standard InChI is InChI=1S/C19H19F3N2O2/c1-26-15-8-6-14(7-9-15)18(25)24-12-10-23(11-13-24)17-5-3-2-4-16(17)19(20,21)22/h2-9H,10-13H2,1H3. The summed E-state index contributed by atoms with van der Waals surface area (Å²) in [7, 11) is 1.55. The molecule has 0 unspecified atom stereocenters. The van der Waals surface area contributed by atoms with E-state index in [1.165, 1.54) is 12.1 Å². The van der Waals surface area contributed by atoms with Crippen molar-refractivity contribution >= 4 is 11.6 Å². The number of halogens is 3. The Morgan fingerprint density at radius 3 is 2.15 bits per heavy atom. The molecule has 1 aliphatic heterocycles. The molecule has 2 aromatic rings. The van der Waals surface area contributed by atoms with Crippen molar-refractivity contribution in [2.75, 3.05) is 38.2 Å². The molecule has 3 rings (SSSR count). The molecule has 26 heavy (non-hydrogen) atoms. The fourth-order valence-corrected chi connectivity index (χ4v) is 3.06. The van der Waals surface area contributed by atoms with Gasteiger partial charge in [-0.05, 0) is 36.4 Å². The van der Waals surface area contributed by atoms with Crippen molar-refractivity contribution in [1.29, 1.82) is 0 Å². The fraction of sp³-hybridized carbons (Fsp3) is 0.316. The smallest absolute Gasteiger partial charge is 0.418 e. The van der Waals surface area contributed by atoms with Crippen LogP contribution in [0.25, 0.3) is 0 Å². The molecule has 0 aromatic heterocycles. The summed E-state index contributed by atoms with van der Waals surface area (Å²) in [6.07, 6.45) is -4.40. The molecule has 1 saturated heterocycles. The second kappa shape index (κ2) is 7.27. The zero-order valence-corrected chi connectivity index (χ0v) is 14.3. The van der Waals surface area contributed by atoms with Gasteiger partial charge in [0.05, 0.1) is 12.7 Å². The summed E-state index contributed by atoms with van der Waals surface area (Å²) in [4.78, 5) is 15.9. The monoisotopic (exact) mass is 364 g/mol. The number of alkyl halides is 3. The second-order valence-corrected chi connectivity index (χ2v) is 6.02. The Labute approximate surface area is 149 Å². The van der Waals surface area contributed by atoms with Gasteiger partial charge in [-0.1, -0.05) is 12.1 Å². The van der Waals surface area contributed by atoms with Gasteiger partial charge < -0.3 is 14.5 Å². The van der Waals surface area contributed by atoms with Crippen molar-refractivity contribution in [1.82, 2.24) is 4.90 Å². The van der Waals surface area contributed by atoms with E-state index in [1.807, 2.05) is 0 Å². The van der Waals surface area contributed by atoms with Crippen LogP contribution in [0.3, 0.4) is 0 Å². The summed E-state index contributed by atoms with van der Waals surface area (Å²) in [5, 5.41) is 0. The Morgan fingerprint density at radius 2 is 1.58 bits per heavy atom. The Hall–Kier alpha value is -2.70. The number of nitrogens with zero attached hydrogens (tertiary/aromatic N) is 2. The Morgan fingerprint density at radius 1 is 0.962 bits per heavy atom. The van der Waals surface area contributed by atoms with Crippen molar-refractivity contribution in [3.05, 3.63) is 59.7 Å². The predicted octanol–water partition coefficient (Wildman–Crippen LogP) is 3.68. The molecular formula is C19H19F3N2O2. The number of piperazine rings is 1. The zero-order valence-electron chi connectivity index (χ0n) is 14.3. The molecule has 1 amide bonds. The predicted molar refractivity (Wildman–Crippen MR) is 92.6 cm³/mol. The maximum absolute atomic E-state index is 13.2. The number of hydrogen-bond acceptors (Lipinski definition) is 3. The minimum absolute atomic E-state index is 0.128. The van der Waals surface area contributed by atoms with Gasteiger partial charge in [-0.3, -0.25) is 4.79 Å². The van der Waals surface area contributed by atoms with Gasteiger partial charge in [0.25, 0.3) is 5.91 Å². The van der Waals surface area contributed by atoms with E-state index in [0.717, 1.165) is 6.07 Å². The van der Waals surface area contributed by atoms with Gasteiger partial charge in [-0.15, -0.1) is 0 Å². The third-order valence-corrected chi connectivity index (χ3v) is 4.45. The Kier molecular flexibility index (Phi) is 5.06. The van der Waals surface area contributed by atoms with Crippen molar-refractivity contribution in [2.45, 2.75) is 6.18 Å². The lowest BCUT2D eigenvalue weighted by Gasteiger charge is -2.37. The van der Waals surface area contributed by atoms with E-state index in [0.29, 0.717) is 37.5 Å². The third kappa shape index (κ3) is 3.76. The van der Waals surface area contributed by atoms with Crippen molar-refractivity contribution in [3.63, 3.8) is 0 Å². The highest BCUT2D eigenvalue weighted by atomic mass is 19.4. The second-order valence-electron chi connectivity index (χ2n) is 6.02. The first-order chi connectivity index (χ1) is 12.4. The lowest BCUT2D eigenvalue weighted by Crippen LogP contribution is -2.49. The summed E-state index contributed by atoms with van der Waals surface area (Å²) >= 11 is 0. The summed E-state index contributed by atoms with van der Waals surface area (Å²) < 4.78 is 44.6. The van der Waals surface area contributed by atoms with Crippen molar-refractivity contribution < 1.29 is 22.7 Å². The molecule has 1 heterocycles. The number of hydrogen-bond donors (Lipinski definition) is 0. The summed E-state index contributed by atoms with van der Waals surface area (Å²) in [5.41, 5.74) is 0.0569. The molecule has 7 heteroatoms. The molecule has 0 saturated carbocycles. The molecule has 138 valence electrons. The molecule has 2 aromatic carbocycles. The minimum Gasteiger partial charge on any atom is -0.497 e. The molecule has 0 spiro atoms. The third-order valence-electron chi connectivity index (χ3n) is 4.45. The van der Waals surface area contributed by atoms with E-state index in [1.54, 1.807) is 47.2 Å². The fourth-order valence-electron chi connectivity index (χ4n) is 3.06. The van der Waals surface area contributed by atoms with Crippen LogP contribution in [0.2, 0.25) is 0 Å². The van der Waals surface area contributed by atoms with Crippen LogP contribution in [0.15, 0.2) is 48.5 Å². The Bertz CT molecular complexity index is 767. The number of methoxy groups -OCH3 is 1. The molecule has 0 aliphatic carbocycles. The average molecular weight is 364 g/mol. The van der Waals surface area contributed by atoms with Gasteiger partial charge in [-0.25, -0.2) is 0 Å². The molecule has 0 atom stereocenters. The molecule has 0 N–H and O–H groups in total. The highest BCUT2D eigenvalue weighted by molar-refractivity contribution is 5.94. The van der Waals surface area contributed by atoms with Crippen LogP contribution in [0.5, 0.6) is 5.75 Å². The van der Waals surface area contributed by atoms with Crippen molar-refractivity contribution in [3.8, 4) is 5.75 Å². The Balaban J connectivity index is 1.69. The highest BCUT2D eigenvalue weighted by Gasteiger charge is 2.35. The van der Waals surface area contributed by atoms with E-state index >= 15 is 0 Å². The maximum atomic E-state index is 13.2. The van der Waals surface area contributed by atoms with Gasteiger partial charge in [0, 0.05) is 37.4 Å². The normalized spacial score (nSPS) is 15.1. The van der Waals surface area contributed by atoms with Gasteiger partial charge >= 0.3 is 6.18 Å². The van der Waals surface area contributed by atoms with Gasteiger partial charge in [-0.2, -0.15) is 13.2 Å². The molecule has 0 bridgehead atoms. The number of benzene rings is 2. The number of amides is 1. The maximum Gasteiger partial charge on any atom is 0.418 e. The first-order valence-corrected chi connectivity index (χ1v) is 8.24.